The number of thiazole rings is 1. The van der Waals surface area contributed by atoms with E-state index in [4.69, 9.17) is 0 Å². The summed E-state index contributed by atoms with van der Waals surface area (Å²) in [6.45, 7) is 0. The predicted molar refractivity (Wildman–Crippen MR) is 84.8 cm³/mol. The predicted octanol–water partition coefficient (Wildman–Crippen LogP) is 3.86. The molecule has 0 spiro atoms. The molecule has 1 amide bonds. The van der Waals surface area contributed by atoms with E-state index < -0.39 is 11.7 Å². The fourth-order valence-electron chi connectivity index (χ4n) is 1.88. The number of benzene rings is 1. The van der Waals surface area contributed by atoms with Gasteiger partial charge in [-0.15, -0.1) is 21.5 Å². The minimum absolute atomic E-state index is 0.0523. The standard InChI is InChI=1S/C14H9F3N4OS2/c15-14(16,17)9-3-1-8(2-4-9)12-19-10(6-23-12)5-11(22)20-13-21-18-7-24-13/h1-4,6-7H,5H2,(H,20,21,22). The molecule has 0 aliphatic carbocycles. The third-order valence-electron chi connectivity index (χ3n) is 2.96. The summed E-state index contributed by atoms with van der Waals surface area (Å²) >= 11 is 2.47. The Labute approximate surface area is 142 Å². The minimum atomic E-state index is -4.37. The van der Waals surface area contributed by atoms with E-state index in [1.165, 1.54) is 40.3 Å². The second-order valence-electron chi connectivity index (χ2n) is 4.69. The zero-order valence-corrected chi connectivity index (χ0v) is 13.5. The molecule has 3 rings (SSSR count). The van der Waals surface area contributed by atoms with Gasteiger partial charge in [0.1, 0.15) is 10.5 Å². The van der Waals surface area contributed by atoms with Crippen molar-refractivity contribution in [2.45, 2.75) is 12.6 Å². The van der Waals surface area contributed by atoms with Crippen molar-refractivity contribution in [2.24, 2.45) is 0 Å². The molecule has 0 atom stereocenters. The summed E-state index contributed by atoms with van der Waals surface area (Å²) in [6.07, 6.45) is -4.31. The van der Waals surface area contributed by atoms with Gasteiger partial charge in [0.05, 0.1) is 17.7 Å². The number of halogens is 3. The molecule has 2 aromatic heterocycles. The van der Waals surface area contributed by atoms with Gasteiger partial charge >= 0.3 is 6.18 Å². The minimum Gasteiger partial charge on any atom is -0.300 e. The Morgan fingerprint density at radius 3 is 2.54 bits per heavy atom. The molecule has 0 unspecified atom stereocenters. The van der Waals surface area contributed by atoms with E-state index in [9.17, 15) is 18.0 Å². The smallest absolute Gasteiger partial charge is 0.300 e. The van der Waals surface area contributed by atoms with Crippen LogP contribution < -0.4 is 5.32 Å². The average molecular weight is 370 g/mol. The number of nitrogens with zero attached hydrogens (tertiary/aromatic N) is 3. The Morgan fingerprint density at radius 1 is 1.17 bits per heavy atom. The van der Waals surface area contributed by atoms with Crippen LogP contribution in [0.5, 0.6) is 0 Å². The van der Waals surface area contributed by atoms with Gasteiger partial charge in [0.25, 0.3) is 0 Å². The van der Waals surface area contributed by atoms with Gasteiger partial charge in [-0.2, -0.15) is 13.2 Å². The van der Waals surface area contributed by atoms with Crippen molar-refractivity contribution in [2.75, 3.05) is 5.32 Å². The molecule has 0 aliphatic heterocycles. The van der Waals surface area contributed by atoms with Gasteiger partial charge in [-0.1, -0.05) is 23.5 Å². The van der Waals surface area contributed by atoms with Crippen molar-refractivity contribution >= 4 is 33.7 Å². The highest BCUT2D eigenvalue weighted by molar-refractivity contribution is 7.13. The van der Waals surface area contributed by atoms with Gasteiger partial charge in [0, 0.05) is 10.9 Å². The lowest BCUT2D eigenvalue weighted by Gasteiger charge is -2.06. The Balaban J connectivity index is 1.68. The molecule has 1 N–H and O–H groups in total. The number of nitrogens with one attached hydrogen (secondary N) is 1. The van der Waals surface area contributed by atoms with Crippen molar-refractivity contribution < 1.29 is 18.0 Å². The monoisotopic (exact) mass is 370 g/mol. The molecule has 10 heteroatoms. The fourth-order valence-corrected chi connectivity index (χ4v) is 3.17. The highest BCUT2D eigenvalue weighted by Gasteiger charge is 2.30. The first-order valence-electron chi connectivity index (χ1n) is 6.60. The lowest BCUT2D eigenvalue weighted by molar-refractivity contribution is -0.137. The SMILES string of the molecule is O=C(Cc1csc(-c2ccc(C(F)(F)F)cc2)n1)Nc1nncs1. The highest BCUT2D eigenvalue weighted by atomic mass is 32.1. The van der Waals surface area contributed by atoms with Crippen LogP contribution in [0.2, 0.25) is 0 Å². The summed E-state index contributed by atoms with van der Waals surface area (Å²) in [6, 6.07) is 4.76. The number of amides is 1. The molecule has 0 saturated heterocycles. The molecule has 0 saturated carbocycles. The quantitative estimate of drug-likeness (QED) is 0.757. The second-order valence-corrected chi connectivity index (χ2v) is 6.38. The van der Waals surface area contributed by atoms with E-state index in [1.807, 2.05) is 0 Å². The molecular formula is C14H9F3N4OS2. The number of hydrogen-bond acceptors (Lipinski definition) is 6. The fraction of sp³-hybridized carbons (Fsp3) is 0.143. The van der Waals surface area contributed by atoms with Crippen molar-refractivity contribution in [3.05, 3.63) is 46.4 Å². The van der Waals surface area contributed by atoms with Crippen LogP contribution in [0.3, 0.4) is 0 Å². The highest BCUT2D eigenvalue weighted by Crippen LogP contribution is 2.31. The largest absolute Gasteiger partial charge is 0.416 e. The molecule has 5 nitrogen and oxygen atoms in total. The lowest BCUT2D eigenvalue weighted by Crippen LogP contribution is -2.14. The number of carbonyl (C=O) groups excluding carboxylic acids is 1. The summed E-state index contributed by atoms with van der Waals surface area (Å²) in [5.41, 5.74) is 1.90. The Morgan fingerprint density at radius 2 is 1.92 bits per heavy atom. The number of anilines is 1. The van der Waals surface area contributed by atoms with E-state index >= 15 is 0 Å². The molecule has 0 radical (unpaired) electrons. The van der Waals surface area contributed by atoms with Gasteiger partial charge in [0.15, 0.2) is 0 Å². The Bertz CT molecular complexity index is 829. The van der Waals surface area contributed by atoms with Crippen molar-refractivity contribution in [3.63, 3.8) is 0 Å². The number of aromatic nitrogens is 3. The van der Waals surface area contributed by atoms with Crippen molar-refractivity contribution in [1.29, 1.82) is 0 Å². The summed E-state index contributed by atoms with van der Waals surface area (Å²) in [5, 5.41) is 12.6. The normalized spacial score (nSPS) is 11.5. The number of alkyl halides is 3. The summed E-state index contributed by atoms with van der Waals surface area (Å²) in [7, 11) is 0. The van der Waals surface area contributed by atoms with Gasteiger partial charge in [-0.05, 0) is 12.1 Å². The van der Waals surface area contributed by atoms with Crippen LogP contribution in [0.25, 0.3) is 10.6 Å². The first kappa shape index (κ1) is 16.5. The van der Waals surface area contributed by atoms with Crippen LogP contribution >= 0.6 is 22.7 Å². The zero-order valence-electron chi connectivity index (χ0n) is 11.9. The summed E-state index contributed by atoms with van der Waals surface area (Å²) < 4.78 is 37.7. The number of carbonyl (C=O) groups is 1. The van der Waals surface area contributed by atoms with Crippen LogP contribution in [-0.4, -0.2) is 21.1 Å². The first-order valence-corrected chi connectivity index (χ1v) is 8.36. The van der Waals surface area contributed by atoms with Crippen molar-refractivity contribution in [1.82, 2.24) is 15.2 Å². The zero-order chi connectivity index (χ0) is 17.2. The maximum Gasteiger partial charge on any atom is 0.416 e. The molecule has 2 heterocycles. The van der Waals surface area contributed by atoms with Crippen LogP contribution in [0.4, 0.5) is 18.3 Å². The number of hydrogen-bond donors (Lipinski definition) is 1. The van der Waals surface area contributed by atoms with Crippen molar-refractivity contribution in [3.8, 4) is 10.6 Å². The van der Waals surface area contributed by atoms with E-state index in [0.29, 0.717) is 21.4 Å². The van der Waals surface area contributed by atoms with Crippen LogP contribution in [0.15, 0.2) is 35.2 Å². The van der Waals surface area contributed by atoms with Gasteiger partial charge in [0.2, 0.25) is 11.0 Å². The molecule has 0 aliphatic rings. The van der Waals surface area contributed by atoms with E-state index in [1.54, 1.807) is 5.38 Å². The van der Waals surface area contributed by atoms with Crippen LogP contribution in [-0.2, 0) is 17.4 Å². The number of rotatable bonds is 4. The molecule has 3 aromatic rings. The summed E-state index contributed by atoms with van der Waals surface area (Å²) in [4.78, 5) is 16.1. The van der Waals surface area contributed by atoms with Gasteiger partial charge in [-0.25, -0.2) is 4.98 Å². The molecule has 24 heavy (non-hydrogen) atoms. The van der Waals surface area contributed by atoms with E-state index in [2.05, 4.69) is 20.5 Å². The molecule has 1 aromatic carbocycles. The molecule has 0 bridgehead atoms. The molecular weight excluding hydrogens is 361 g/mol. The van der Waals surface area contributed by atoms with Crippen LogP contribution in [0, 0.1) is 0 Å². The van der Waals surface area contributed by atoms with E-state index in [0.717, 1.165) is 12.1 Å². The van der Waals surface area contributed by atoms with Gasteiger partial charge in [-0.3, -0.25) is 4.79 Å². The van der Waals surface area contributed by atoms with E-state index in [-0.39, 0.29) is 12.3 Å². The van der Waals surface area contributed by atoms with Crippen LogP contribution in [0.1, 0.15) is 11.3 Å². The van der Waals surface area contributed by atoms with Gasteiger partial charge < -0.3 is 5.32 Å². The maximum atomic E-state index is 12.6. The maximum absolute atomic E-state index is 12.6. The lowest BCUT2D eigenvalue weighted by atomic mass is 10.1. The second kappa shape index (κ2) is 6.65. The third-order valence-corrected chi connectivity index (χ3v) is 4.51. The molecule has 124 valence electrons. The summed E-state index contributed by atoms with van der Waals surface area (Å²) in [5.74, 6) is -0.281. The average Bonchev–Trinajstić information content (AvgIpc) is 3.18. The first-order chi connectivity index (χ1) is 11.4. The Kier molecular flexibility index (Phi) is 4.58. The third kappa shape index (κ3) is 3.95. The molecule has 0 fully saturated rings. The topological polar surface area (TPSA) is 67.8 Å². The Hall–Kier alpha value is -2.33.